The van der Waals surface area contributed by atoms with Crippen LogP contribution in [0.25, 0.3) is 0 Å². The van der Waals surface area contributed by atoms with Crippen molar-refractivity contribution in [1.29, 1.82) is 0 Å². The molecule has 0 aromatic heterocycles. The predicted octanol–water partition coefficient (Wildman–Crippen LogP) is -3.19. The largest absolute Gasteiger partial charge is 2.00 e. The van der Waals surface area contributed by atoms with Crippen molar-refractivity contribution in [2.75, 3.05) is 0 Å². The first kappa shape index (κ1) is 17.4. The first-order valence-electron chi connectivity index (χ1n) is 1.47. The molecule has 0 radical (unpaired) electrons. The minimum Gasteiger partial charge on any atom is -0.736 e. The SMILES string of the molecule is NS(=O)(=O)[O-].NS(=O)(=O)[O-].[Cr+2]. The summed E-state index contributed by atoms with van der Waals surface area (Å²) in [4.78, 5) is 0. The molecule has 0 amide bonds. The quantitative estimate of drug-likeness (QED) is 0.425. The van der Waals surface area contributed by atoms with Crippen molar-refractivity contribution in [3.63, 3.8) is 0 Å². The van der Waals surface area contributed by atoms with E-state index in [2.05, 4.69) is 10.3 Å². The van der Waals surface area contributed by atoms with Gasteiger partial charge in [0.15, 0.2) is 20.6 Å². The zero-order valence-electron chi connectivity index (χ0n) is 4.83. The summed E-state index contributed by atoms with van der Waals surface area (Å²) in [7, 11) is -8.83. The molecular formula is H4CrN2O6S2. The Morgan fingerprint density at radius 2 is 0.818 bits per heavy atom. The fourth-order valence-electron chi connectivity index (χ4n) is 0. The van der Waals surface area contributed by atoms with Crippen molar-refractivity contribution in [3.8, 4) is 0 Å². The standard InChI is InChI=1S/Cr.2H3NO3S/c;2*1-5(2,3)4/h;2*(H3,1,2,3,4)/q+2;;/p-2. The van der Waals surface area contributed by atoms with Crippen LogP contribution in [0.4, 0.5) is 0 Å². The molecule has 0 spiro atoms. The van der Waals surface area contributed by atoms with Crippen molar-refractivity contribution in [3.05, 3.63) is 0 Å². The summed E-state index contributed by atoms with van der Waals surface area (Å²) >= 11 is 0. The zero-order chi connectivity index (χ0) is 9.00. The van der Waals surface area contributed by atoms with Crippen molar-refractivity contribution < 1.29 is 43.3 Å². The number of rotatable bonds is 0. The number of hydrogen-bond acceptors (Lipinski definition) is 6. The normalized spacial score (nSPS) is 10.5. The number of nitrogens with two attached hydrogens (primary N) is 2. The van der Waals surface area contributed by atoms with E-state index < -0.39 is 20.6 Å². The van der Waals surface area contributed by atoms with Crippen molar-refractivity contribution in [2.45, 2.75) is 0 Å². The third-order valence-electron chi connectivity index (χ3n) is 0. The van der Waals surface area contributed by atoms with Crippen LogP contribution in [-0.2, 0) is 38.0 Å². The summed E-state index contributed by atoms with van der Waals surface area (Å²) in [6, 6.07) is 0. The Labute approximate surface area is 74.5 Å². The Morgan fingerprint density at radius 1 is 0.818 bits per heavy atom. The van der Waals surface area contributed by atoms with E-state index >= 15 is 0 Å². The molecule has 4 N–H and O–H groups in total. The number of hydrogen-bond donors (Lipinski definition) is 2. The maximum absolute atomic E-state index is 8.85. The molecule has 11 heteroatoms. The van der Waals surface area contributed by atoms with Gasteiger partial charge in [-0.05, 0) is 0 Å². The maximum atomic E-state index is 8.85. The fourth-order valence-corrected chi connectivity index (χ4v) is 0. The minimum absolute atomic E-state index is 0. The maximum Gasteiger partial charge on any atom is 2.00 e. The van der Waals surface area contributed by atoms with E-state index in [0.717, 1.165) is 0 Å². The van der Waals surface area contributed by atoms with Crippen LogP contribution in [0.5, 0.6) is 0 Å². The molecular weight excluding hydrogens is 240 g/mol. The summed E-state index contributed by atoms with van der Waals surface area (Å²) in [5.74, 6) is 0. The Balaban J connectivity index is -0.000000107. The van der Waals surface area contributed by atoms with Crippen LogP contribution < -0.4 is 10.3 Å². The average Bonchev–Trinajstić information content (AvgIpc) is 1.12. The third kappa shape index (κ3) is 9470. The molecule has 0 aliphatic heterocycles. The van der Waals surface area contributed by atoms with Crippen LogP contribution in [0, 0.1) is 0 Å². The fraction of sp³-hybridized carbons (Fsp3) is 0. The van der Waals surface area contributed by atoms with Gasteiger partial charge in [-0.15, -0.1) is 0 Å². The van der Waals surface area contributed by atoms with Gasteiger partial charge in [-0.25, -0.2) is 27.1 Å². The first-order chi connectivity index (χ1) is 4.00. The van der Waals surface area contributed by atoms with Gasteiger partial charge in [0.1, 0.15) is 0 Å². The minimum atomic E-state index is -4.42. The third-order valence-corrected chi connectivity index (χ3v) is 0. The van der Waals surface area contributed by atoms with Gasteiger partial charge < -0.3 is 9.11 Å². The van der Waals surface area contributed by atoms with Gasteiger partial charge in [0.2, 0.25) is 0 Å². The Bertz CT molecular complexity index is 215. The van der Waals surface area contributed by atoms with Crippen molar-refractivity contribution >= 4 is 20.6 Å². The van der Waals surface area contributed by atoms with Crippen LogP contribution >= 0.6 is 0 Å². The molecule has 0 saturated carbocycles. The van der Waals surface area contributed by atoms with Gasteiger partial charge in [-0.3, -0.25) is 0 Å². The molecule has 0 rings (SSSR count). The molecule has 0 aromatic carbocycles. The molecule has 0 fully saturated rings. The van der Waals surface area contributed by atoms with Crippen LogP contribution in [0.3, 0.4) is 0 Å². The van der Waals surface area contributed by atoms with E-state index in [1.807, 2.05) is 0 Å². The van der Waals surface area contributed by atoms with E-state index in [9.17, 15) is 0 Å². The van der Waals surface area contributed by atoms with Crippen LogP contribution in [0.15, 0.2) is 0 Å². The average molecular weight is 244 g/mol. The molecule has 0 bridgehead atoms. The van der Waals surface area contributed by atoms with Gasteiger partial charge in [-0.2, -0.15) is 0 Å². The monoisotopic (exact) mass is 244 g/mol. The predicted molar refractivity (Wildman–Crippen MR) is 27.8 cm³/mol. The summed E-state index contributed by atoms with van der Waals surface area (Å²) in [5, 5.41) is 7.54. The molecule has 8 nitrogen and oxygen atoms in total. The molecule has 0 heterocycles. The molecule has 0 atom stereocenters. The molecule has 68 valence electrons. The van der Waals surface area contributed by atoms with Crippen molar-refractivity contribution in [1.82, 2.24) is 0 Å². The summed E-state index contributed by atoms with van der Waals surface area (Å²) in [5.41, 5.74) is 0. The van der Waals surface area contributed by atoms with Crippen LogP contribution in [0.1, 0.15) is 0 Å². The van der Waals surface area contributed by atoms with Crippen LogP contribution in [-0.4, -0.2) is 25.9 Å². The van der Waals surface area contributed by atoms with Gasteiger partial charge >= 0.3 is 17.4 Å². The van der Waals surface area contributed by atoms with Gasteiger partial charge in [0.25, 0.3) is 0 Å². The van der Waals surface area contributed by atoms with E-state index in [-0.39, 0.29) is 17.4 Å². The second-order valence-corrected chi connectivity index (χ2v) is 2.96. The molecule has 0 aromatic rings. The van der Waals surface area contributed by atoms with Gasteiger partial charge in [0, 0.05) is 0 Å². The molecule has 0 aliphatic rings. The summed E-state index contributed by atoms with van der Waals surface area (Å²) < 4.78 is 53.1. The smallest absolute Gasteiger partial charge is 0.736 e. The first-order valence-corrected chi connectivity index (χ1v) is 4.41. The second-order valence-electron chi connectivity index (χ2n) is 0.986. The zero-order valence-corrected chi connectivity index (χ0v) is 7.74. The topological polar surface area (TPSA) is 166 Å². The Hall–Kier alpha value is 0.272. The van der Waals surface area contributed by atoms with Crippen molar-refractivity contribution in [2.24, 2.45) is 10.3 Å². The molecule has 0 saturated heterocycles. The second kappa shape index (κ2) is 5.86. The van der Waals surface area contributed by atoms with E-state index in [1.165, 1.54) is 0 Å². The van der Waals surface area contributed by atoms with E-state index in [0.29, 0.717) is 0 Å². The van der Waals surface area contributed by atoms with Gasteiger partial charge in [-0.1, -0.05) is 0 Å². The molecule has 11 heavy (non-hydrogen) atoms. The van der Waals surface area contributed by atoms with E-state index in [1.54, 1.807) is 0 Å². The Morgan fingerprint density at radius 3 is 0.818 bits per heavy atom. The molecule has 0 unspecified atom stereocenters. The van der Waals surface area contributed by atoms with E-state index in [4.69, 9.17) is 25.9 Å². The van der Waals surface area contributed by atoms with Gasteiger partial charge in [0.05, 0.1) is 0 Å². The summed E-state index contributed by atoms with van der Waals surface area (Å²) in [6.45, 7) is 0. The van der Waals surface area contributed by atoms with Crippen LogP contribution in [0.2, 0.25) is 0 Å². The molecule has 0 aliphatic carbocycles. The Kier molecular flexibility index (Phi) is 9.27. The summed E-state index contributed by atoms with van der Waals surface area (Å²) in [6.07, 6.45) is 0.